The summed E-state index contributed by atoms with van der Waals surface area (Å²) in [7, 11) is 1.63. The van der Waals surface area contributed by atoms with Crippen molar-refractivity contribution in [2.45, 2.75) is 25.9 Å². The number of aromatic nitrogens is 2. The minimum absolute atomic E-state index is 0.208. The highest BCUT2D eigenvalue weighted by atomic mass is 35.5. The molecule has 0 aliphatic heterocycles. The normalized spacial score (nSPS) is 12.7. The van der Waals surface area contributed by atoms with Crippen LogP contribution in [-0.2, 0) is 0 Å². The third kappa shape index (κ3) is 2.74. The van der Waals surface area contributed by atoms with Crippen molar-refractivity contribution in [3.8, 4) is 5.75 Å². The molecule has 2 N–H and O–H groups in total. The van der Waals surface area contributed by atoms with Crippen LogP contribution >= 0.6 is 11.6 Å². The van der Waals surface area contributed by atoms with E-state index in [1.165, 1.54) is 0 Å². The van der Waals surface area contributed by atoms with E-state index in [4.69, 9.17) is 22.1 Å². The Morgan fingerprint density at radius 3 is 2.74 bits per heavy atom. The minimum Gasteiger partial charge on any atom is -0.497 e. The molecule has 1 aromatic carbocycles. The van der Waals surface area contributed by atoms with Gasteiger partial charge in [-0.05, 0) is 31.5 Å². The third-order valence-electron chi connectivity index (χ3n) is 3.02. The molecule has 0 fully saturated rings. The van der Waals surface area contributed by atoms with Gasteiger partial charge < -0.3 is 10.5 Å². The summed E-state index contributed by atoms with van der Waals surface area (Å²) in [6.45, 7) is 4.09. The summed E-state index contributed by atoms with van der Waals surface area (Å²) in [6, 6.07) is 7.56. The molecule has 5 heteroatoms. The molecule has 0 aliphatic rings. The van der Waals surface area contributed by atoms with Gasteiger partial charge in [-0.3, -0.25) is 4.68 Å². The number of rotatable bonds is 4. The largest absolute Gasteiger partial charge is 0.497 e. The molecule has 2 rings (SSSR count). The maximum atomic E-state index is 6.32. The summed E-state index contributed by atoms with van der Waals surface area (Å²) in [5, 5.41) is 4.86. The molecule has 0 bridgehead atoms. The number of methoxy groups -OCH3 is 1. The van der Waals surface area contributed by atoms with Gasteiger partial charge in [0.1, 0.15) is 5.75 Å². The van der Waals surface area contributed by atoms with E-state index in [1.54, 1.807) is 13.3 Å². The van der Waals surface area contributed by atoms with E-state index in [0.29, 0.717) is 5.02 Å². The van der Waals surface area contributed by atoms with Crippen LogP contribution in [0.1, 0.15) is 37.2 Å². The highest BCUT2D eigenvalue weighted by Crippen LogP contribution is 2.29. The first-order valence-electron chi connectivity index (χ1n) is 6.17. The maximum absolute atomic E-state index is 6.32. The molecule has 0 saturated heterocycles. The number of hydrogen-bond acceptors (Lipinski definition) is 3. The van der Waals surface area contributed by atoms with E-state index in [-0.39, 0.29) is 12.1 Å². The zero-order valence-electron chi connectivity index (χ0n) is 11.3. The molecule has 0 spiro atoms. The fourth-order valence-electron chi connectivity index (χ4n) is 2.05. The lowest BCUT2D eigenvalue weighted by molar-refractivity contribution is 0.414. The highest BCUT2D eigenvalue weighted by Gasteiger charge is 2.20. The Kier molecular flexibility index (Phi) is 4.12. The fourth-order valence-corrected chi connectivity index (χ4v) is 2.29. The van der Waals surface area contributed by atoms with E-state index in [0.717, 1.165) is 17.0 Å². The fraction of sp³-hybridized carbons (Fsp3) is 0.357. The van der Waals surface area contributed by atoms with Crippen molar-refractivity contribution in [2.24, 2.45) is 5.73 Å². The molecular weight excluding hydrogens is 262 g/mol. The first kappa shape index (κ1) is 13.9. The summed E-state index contributed by atoms with van der Waals surface area (Å²) in [6.07, 6.45) is 1.64. The standard InChI is InChI=1S/C14H18ClN3O/c1-9(2)18-14(12(15)8-17-18)13(16)10-5-4-6-11(7-10)19-3/h4-9,13H,16H2,1-3H3. The second kappa shape index (κ2) is 5.63. The molecule has 1 atom stereocenters. The summed E-state index contributed by atoms with van der Waals surface area (Å²) in [5.74, 6) is 0.777. The zero-order chi connectivity index (χ0) is 14.0. The lowest BCUT2D eigenvalue weighted by atomic mass is 10.0. The topological polar surface area (TPSA) is 53.1 Å². The average molecular weight is 280 g/mol. The predicted molar refractivity (Wildman–Crippen MR) is 76.6 cm³/mol. The monoisotopic (exact) mass is 279 g/mol. The molecule has 1 heterocycles. The third-order valence-corrected chi connectivity index (χ3v) is 3.31. The maximum Gasteiger partial charge on any atom is 0.119 e. The molecule has 2 aromatic rings. The van der Waals surface area contributed by atoms with Crippen LogP contribution < -0.4 is 10.5 Å². The van der Waals surface area contributed by atoms with Gasteiger partial charge in [0.2, 0.25) is 0 Å². The lowest BCUT2D eigenvalue weighted by Crippen LogP contribution is -2.19. The van der Waals surface area contributed by atoms with Crippen molar-refractivity contribution < 1.29 is 4.74 Å². The Hall–Kier alpha value is -1.52. The van der Waals surface area contributed by atoms with Gasteiger partial charge >= 0.3 is 0 Å². The SMILES string of the molecule is COc1cccc(C(N)c2c(Cl)cnn2C(C)C)c1. The van der Waals surface area contributed by atoms with E-state index < -0.39 is 0 Å². The van der Waals surface area contributed by atoms with Crippen LogP contribution in [0.25, 0.3) is 0 Å². The van der Waals surface area contributed by atoms with Gasteiger partial charge in [-0.25, -0.2) is 0 Å². The van der Waals surface area contributed by atoms with Gasteiger partial charge in [0.05, 0.1) is 30.1 Å². The van der Waals surface area contributed by atoms with Gasteiger partial charge in [0.25, 0.3) is 0 Å². The second-order valence-electron chi connectivity index (χ2n) is 4.67. The molecule has 102 valence electrons. The van der Waals surface area contributed by atoms with Gasteiger partial charge in [-0.1, -0.05) is 23.7 Å². The molecule has 19 heavy (non-hydrogen) atoms. The number of ether oxygens (including phenoxy) is 1. The number of benzene rings is 1. The lowest BCUT2D eigenvalue weighted by Gasteiger charge is -2.18. The number of hydrogen-bond donors (Lipinski definition) is 1. The number of nitrogens with zero attached hydrogens (tertiary/aromatic N) is 2. The van der Waals surface area contributed by atoms with Crippen LogP contribution in [0.5, 0.6) is 5.75 Å². The molecule has 1 aromatic heterocycles. The summed E-state index contributed by atoms with van der Waals surface area (Å²) < 4.78 is 7.07. The van der Waals surface area contributed by atoms with Gasteiger partial charge in [-0.15, -0.1) is 0 Å². The van der Waals surface area contributed by atoms with Crippen molar-refractivity contribution in [1.29, 1.82) is 0 Å². The Labute approximate surface area is 118 Å². The van der Waals surface area contributed by atoms with E-state index in [9.17, 15) is 0 Å². The smallest absolute Gasteiger partial charge is 0.119 e. The molecule has 0 aliphatic carbocycles. The highest BCUT2D eigenvalue weighted by molar-refractivity contribution is 6.31. The Bertz CT molecular complexity index is 566. The average Bonchev–Trinajstić information content (AvgIpc) is 2.80. The molecule has 0 radical (unpaired) electrons. The van der Waals surface area contributed by atoms with Gasteiger partial charge in [0.15, 0.2) is 0 Å². The quantitative estimate of drug-likeness (QED) is 0.935. The van der Waals surface area contributed by atoms with Gasteiger partial charge in [-0.2, -0.15) is 5.10 Å². The number of nitrogens with two attached hydrogens (primary N) is 1. The van der Waals surface area contributed by atoms with Crippen LogP contribution in [0, 0.1) is 0 Å². The first-order valence-corrected chi connectivity index (χ1v) is 6.54. The van der Waals surface area contributed by atoms with Crippen LogP contribution in [0.4, 0.5) is 0 Å². The first-order chi connectivity index (χ1) is 9.04. The predicted octanol–water partition coefficient (Wildman–Crippen LogP) is 3.17. The summed E-state index contributed by atoms with van der Waals surface area (Å²) in [5.41, 5.74) is 8.09. The van der Waals surface area contributed by atoms with Crippen LogP contribution in [0.2, 0.25) is 5.02 Å². The van der Waals surface area contributed by atoms with E-state index in [1.807, 2.05) is 42.8 Å². The molecule has 1 unspecified atom stereocenters. The van der Waals surface area contributed by atoms with Gasteiger partial charge in [0, 0.05) is 6.04 Å². The number of halogens is 1. The molecular formula is C14H18ClN3O. The molecule has 0 amide bonds. The minimum atomic E-state index is -0.326. The Balaban J connectivity index is 2.43. The summed E-state index contributed by atoms with van der Waals surface area (Å²) in [4.78, 5) is 0. The molecule has 4 nitrogen and oxygen atoms in total. The van der Waals surface area contributed by atoms with Crippen molar-refractivity contribution in [3.63, 3.8) is 0 Å². The Morgan fingerprint density at radius 2 is 2.11 bits per heavy atom. The van der Waals surface area contributed by atoms with Crippen molar-refractivity contribution in [2.75, 3.05) is 7.11 Å². The second-order valence-corrected chi connectivity index (χ2v) is 5.08. The Morgan fingerprint density at radius 1 is 1.37 bits per heavy atom. The van der Waals surface area contributed by atoms with Crippen LogP contribution in [0.15, 0.2) is 30.5 Å². The summed E-state index contributed by atoms with van der Waals surface area (Å²) >= 11 is 6.21. The zero-order valence-corrected chi connectivity index (χ0v) is 12.1. The van der Waals surface area contributed by atoms with E-state index >= 15 is 0 Å². The van der Waals surface area contributed by atoms with Crippen molar-refractivity contribution in [3.05, 3.63) is 46.7 Å². The van der Waals surface area contributed by atoms with Crippen molar-refractivity contribution in [1.82, 2.24) is 9.78 Å². The molecule has 0 saturated carbocycles. The van der Waals surface area contributed by atoms with Crippen LogP contribution in [-0.4, -0.2) is 16.9 Å². The van der Waals surface area contributed by atoms with Crippen molar-refractivity contribution >= 4 is 11.6 Å². The van der Waals surface area contributed by atoms with Crippen LogP contribution in [0.3, 0.4) is 0 Å². The van der Waals surface area contributed by atoms with E-state index in [2.05, 4.69) is 5.10 Å².